The van der Waals surface area contributed by atoms with Gasteiger partial charge in [0.15, 0.2) is 0 Å². The Balaban J connectivity index is 0.000000166. The maximum atomic E-state index is 6.09. The van der Waals surface area contributed by atoms with Gasteiger partial charge in [0.2, 0.25) is 0 Å². The molecular weight excluding hydrogens is 531 g/mol. The predicted molar refractivity (Wildman–Crippen MR) is 133 cm³/mol. The normalized spacial score (nSPS) is 10.2. The van der Waals surface area contributed by atoms with Gasteiger partial charge in [0.1, 0.15) is 0 Å². The van der Waals surface area contributed by atoms with E-state index >= 15 is 0 Å². The van der Waals surface area contributed by atoms with Crippen LogP contribution in [0.25, 0.3) is 11.1 Å². The molecule has 0 saturated heterocycles. The third kappa shape index (κ3) is 6.72. The molecule has 0 spiro atoms. The Bertz CT molecular complexity index is 1060. The highest BCUT2D eigenvalue weighted by Gasteiger charge is 2.03. The number of rotatable bonds is 3. The van der Waals surface area contributed by atoms with Gasteiger partial charge in [0.25, 0.3) is 0 Å². The molecule has 29 heavy (non-hydrogen) atoms. The van der Waals surface area contributed by atoms with Crippen molar-refractivity contribution in [1.82, 2.24) is 0 Å². The molecule has 146 valence electrons. The van der Waals surface area contributed by atoms with Gasteiger partial charge in [-0.1, -0.05) is 116 Å². The lowest BCUT2D eigenvalue weighted by Crippen LogP contribution is -1.88. The summed E-state index contributed by atoms with van der Waals surface area (Å²) in [6.07, 6.45) is 0.820. The molecule has 0 radical (unpaired) electrons. The monoisotopic (exact) mass is 546 g/mol. The summed E-state index contributed by atoms with van der Waals surface area (Å²) in [5.41, 5.74) is 4.73. The van der Waals surface area contributed by atoms with Crippen LogP contribution in [0.4, 0.5) is 0 Å². The fraction of sp³-hybridized carbons (Fsp3) is 0.0400. The molecule has 4 heteroatoms. The van der Waals surface area contributed by atoms with Crippen molar-refractivity contribution in [2.75, 3.05) is 0 Å². The van der Waals surface area contributed by atoms with Gasteiger partial charge >= 0.3 is 0 Å². The third-order valence-corrected chi connectivity index (χ3v) is 6.05. The highest BCUT2D eigenvalue weighted by molar-refractivity contribution is 9.11. The molecule has 0 amide bonds. The van der Waals surface area contributed by atoms with E-state index < -0.39 is 0 Å². The van der Waals surface area contributed by atoms with Gasteiger partial charge in [-0.2, -0.15) is 0 Å². The van der Waals surface area contributed by atoms with Gasteiger partial charge < -0.3 is 0 Å². The van der Waals surface area contributed by atoms with Crippen LogP contribution >= 0.6 is 55.1 Å². The Morgan fingerprint density at radius 1 is 0.655 bits per heavy atom. The number of hydrogen-bond acceptors (Lipinski definition) is 0. The zero-order valence-corrected chi connectivity index (χ0v) is 20.1. The summed E-state index contributed by atoms with van der Waals surface area (Å²) in [7, 11) is 0. The Morgan fingerprint density at radius 3 is 2.00 bits per heavy atom. The third-order valence-electron chi connectivity index (χ3n) is 4.26. The van der Waals surface area contributed by atoms with E-state index in [0.717, 1.165) is 31.0 Å². The van der Waals surface area contributed by atoms with E-state index in [-0.39, 0.29) is 0 Å². The second-order valence-corrected chi connectivity index (χ2v) is 9.00. The standard InChI is InChI=1S/C13H10Cl2.C12H8Br2/c14-12-6-7-13(15)11(9-12)8-10-4-2-1-3-5-10;13-10-6-7-12(14)11(8-10)9-4-2-1-3-5-9/h1-7,9H,8H2;1-8H. The molecule has 4 rings (SSSR count). The topological polar surface area (TPSA) is 0 Å². The van der Waals surface area contributed by atoms with Crippen molar-refractivity contribution in [2.24, 2.45) is 0 Å². The fourth-order valence-electron chi connectivity index (χ4n) is 2.83. The van der Waals surface area contributed by atoms with Gasteiger partial charge in [-0.3, -0.25) is 0 Å². The van der Waals surface area contributed by atoms with Crippen LogP contribution in [-0.2, 0) is 6.42 Å². The molecule has 0 aromatic heterocycles. The lowest BCUT2D eigenvalue weighted by molar-refractivity contribution is 1.19. The van der Waals surface area contributed by atoms with Crippen LogP contribution in [0.15, 0.2) is 106 Å². The van der Waals surface area contributed by atoms with E-state index in [1.807, 2.05) is 60.7 Å². The Kier molecular flexibility index (Phi) is 8.38. The summed E-state index contributed by atoms with van der Waals surface area (Å²) < 4.78 is 2.21. The summed E-state index contributed by atoms with van der Waals surface area (Å²) in [6.45, 7) is 0. The van der Waals surface area contributed by atoms with Crippen molar-refractivity contribution >= 4 is 55.1 Å². The smallest absolute Gasteiger partial charge is 0.0442 e. The molecule has 4 aromatic carbocycles. The van der Waals surface area contributed by atoms with Crippen molar-refractivity contribution in [1.29, 1.82) is 0 Å². The van der Waals surface area contributed by atoms with Crippen molar-refractivity contribution < 1.29 is 0 Å². The van der Waals surface area contributed by atoms with E-state index in [2.05, 4.69) is 62.2 Å². The minimum Gasteiger partial charge on any atom is -0.0843 e. The maximum absolute atomic E-state index is 6.09. The Labute approximate surface area is 198 Å². The lowest BCUT2D eigenvalue weighted by atomic mass is 10.1. The van der Waals surface area contributed by atoms with Gasteiger partial charge in [-0.05, 0) is 65.1 Å². The molecule has 0 bridgehead atoms. The molecule has 0 nitrogen and oxygen atoms in total. The molecular formula is C25H18Br2Cl2. The van der Waals surface area contributed by atoms with E-state index in [1.54, 1.807) is 6.07 Å². The molecule has 0 aliphatic rings. The summed E-state index contributed by atoms with van der Waals surface area (Å²) in [5.74, 6) is 0. The van der Waals surface area contributed by atoms with Crippen LogP contribution in [0.5, 0.6) is 0 Å². The predicted octanol–water partition coefficient (Wildman–Crippen LogP) is 9.46. The summed E-state index contributed by atoms with van der Waals surface area (Å²) in [5, 5.41) is 1.49. The second-order valence-electron chi connectivity index (χ2n) is 6.39. The average molecular weight is 549 g/mol. The van der Waals surface area contributed by atoms with Crippen LogP contribution in [-0.4, -0.2) is 0 Å². The van der Waals surface area contributed by atoms with Crippen LogP contribution < -0.4 is 0 Å². The number of hydrogen-bond donors (Lipinski definition) is 0. The van der Waals surface area contributed by atoms with Gasteiger partial charge in [0.05, 0.1) is 0 Å². The summed E-state index contributed by atoms with van der Waals surface area (Å²) >= 11 is 19.0. The van der Waals surface area contributed by atoms with E-state index in [4.69, 9.17) is 23.2 Å². The van der Waals surface area contributed by atoms with E-state index in [9.17, 15) is 0 Å². The van der Waals surface area contributed by atoms with Gasteiger partial charge in [-0.25, -0.2) is 0 Å². The Morgan fingerprint density at radius 2 is 1.31 bits per heavy atom. The first-order valence-electron chi connectivity index (χ1n) is 9.01. The van der Waals surface area contributed by atoms with Gasteiger partial charge in [-0.15, -0.1) is 0 Å². The number of halogens is 4. The molecule has 0 aliphatic carbocycles. The van der Waals surface area contributed by atoms with Crippen LogP contribution in [0.2, 0.25) is 10.0 Å². The molecule has 0 unspecified atom stereocenters. The highest BCUT2D eigenvalue weighted by atomic mass is 79.9. The SMILES string of the molecule is Brc1ccc(Br)c(-c2ccccc2)c1.Clc1ccc(Cl)c(Cc2ccccc2)c1. The summed E-state index contributed by atoms with van der Waals surface area (Å²) in [4.78, 5) is 0. The zero-order valence-electron chi connectivity index (χ0n) is 15.5. The van der Waals surface area contributed by atoms with E-state index in [0.29, 0.717) is 0 Å². The van der Waals surface area contributed by atoms with E-state index in [1.165, 1.54) is 16.7 Å². The second kappa shape index (κ2) is 11.0. The first kappa shape index (κ1) is 22.1. The van der Waals surface area contributed by atoms with Crippen LogP contribution in [0, 0.1) is 0 Å². The van der Waals surface area contributed by atoms with Crippen LogP contribution in [0.3, 0.4) is 0 Å². The van der Waals surface area contributed by atoms with Crippen LogP contribution in [0.1, 0.15) is 11.1 Å². The molecule has 0 N–H and O–H groups in total. The zero-order chi connectivity index (χ0) is 20.6. The minimum absolute atomic E-state index is 0.727. The molecule has 4 aromatic rings. The average Bonchev–Trinajstić information content (AvgIpc) is 2.74. The van der Waals surface area contributed by atoms with Crippen molar-refractivity contribution in [3.8, 4) is 11.1 Å². The van der Waals surface area contributed by atoms with Crippen molar-refractivity contribution in [3.63, 3.8) is 0 Å². The van der Waals surface area contributed by atoms with Crippen molar-refractivity contribution in [2.45, 2.75) is 6.42 Å². The molecule has 0 heterocycles. The lowest BCUT2D eigenvalue weighted by Gasteiger charge is -2.04. The first-order valence-corrected chi connectivity index (χ1v) is 11.4. The van der Waals surface area contributed by atoms with Crippen molar-refractivity contribution in [3.05, 3.63) is 127 Å². The fourth-order valence-corrected chi connectivity index (χ4v) is 4.05. The molecule has 0 fully saturated rings. The maximum Gasteiger partial charge on any atom is 0.0442 e. The van der Waals surface area contributed by atoms with Gasteiger partial charge in [0, 0.05) is 19.0 Å². The highest BCUT2D eigenvalue weighted by Crippen LogP contribution is 2.30. The molecule has 0 aliphatic heterocycles. The largest absolute Gasteiger partial charge is 0.0843 e. The minimum atomic E-state index is 0.727. The Hall–Kier alpha value is -1.58. The first-order chi connectivity index (χ1) is 14.0. The summed E-state index contributed by atoms with van der Waals surface area (Å²) in [6, 6.07) is 32.3. The molecule has 0 saturated carbocycles. The molecule has 0 atom stereocenters. The quantitative estimate of drug-likeness (QED) is 0.239. The number of benzene rings is 4.